The highest BCUT2D eigenvalue weighted by atomic mass is 16.5. The summed E-state index contributed by atoms with van der Waals surface area (Å²) >= 11 is 0. The Morgan fingerprint density at radius 3 is 2.80 bits per heavy atom. The van der Waals surface area contributed by atoms with Crippen LogP contribution in [-0.4, -0.2) is 41.6 Å². The van der Waals surface area contributed by atoms with Crippen LogP contribution in [0.2, 0.25) is 0 Å². The van der Waals surface area contributed by atoms with Crippen LogP contribution in [0.3, 0.4) is 0 Å². The number of nitrogens with zero attached hydrogens (tertiary/aromatic N) is 1. The quantitative estimate of drug-likeness (QED) is 0.858. The summed E-state index contributed by atoms with van der Waals surface area (Å²) in [6.45, 7) is 4.38. The van der Waals surface area contributed by atoms with E-state index in [1.165, 1.54) is 6.07 Å². The van der Waals surface area contributed by atoms with Gasteiger partial charge in [-0.2, -0.15) is 0 Å². The molecule has 20 heavy (non-hydrogen) atoms. The third-order valence-corrected chi connectivity index (χ3v) is 3.40. The molecule has 1 aromatic heterocycles. The third kappa shape index (κ3) is 3.01. The van der Waals surface area contributed by atoms with Gasteiger partial charge in [0.05, 0.1) is 18.6 Å². The normalized spacial score (nSPS) is 20.8. The van der Waals surface area contributed by atoms with Crippen molar-refractivity contribution in [3.05, 3.63) is 23.2 Å². The summed E-state index contributed by atoms with van der Waals surface area (Å²) in [4.78, 5) is 24.6. The molecule has 0 spiro atoms. The first-order chi connectivity index (χ1) is 9.43. The van der Waals surface area contributed by atoms with Gasteiger partial charge in [-0.1, -0.05) is 0 Å². The fourth-order valence-electron chi connectivity index (χ4n) is 2.26. The summed E-state index contributed by atoms with van der Waals surface area (Å²) in [5, 5.41) is 8.96. The van der Waals surface area contributed by atoms with Crippen LogP contribution in [0.5, 0.6) is 0 Å². The van der Waals surface area contributed by atoms with E-state index in [2.05, 4.69) is 0 Å². The van der Waals surface area contributed by atoms with E-state index in [0.29, 0.717) is 18.1 Å². The van der Waals surface area contributed by atoms with Crippen molar-refractivity contribution in [2.75, 3.05) is 13.7 Å². The minimum absolute atomic E-state index is 0.00868. The first-order valence-electron chi connectivity index (χ1n) is 6.63. The second-order valence-corrected chi connectivity index (χ2v) is 5.02. The molecular weight excluding hydrogens is 262 g/mol. The number of ether oxygens (including phenoxy) is 1. The molecule has 1 N–H and O–H groups in total. The van der Waals surface area contributed by atoms with Crippen molar-refractivity contribution in [2.45, 2.75) is 32.9 Å². The van der Waals surface area contributed by atoms with Gasteiger partial charge in [-0.3, -0.25) is 4.79 Å². The highest BCUT2D eigenvalue weighted by Gasteiger charge is 2.45. The van der Waals surface area contributed by atoms with Gasteiger partial charge in [0.15, 0.2) is 0 Å². The maximum absolute atomic E-state index is 12.1. The minimum atomic E-state index is -1.02. The van der Waals surface area contributed by atoms with Gasteiger partial charge in [-0.15, -0.1) is 0 Å². The number of aromatic carboxylic acids is 1. The van der Waals surface area contributed by atoms with E-state index >= 15 is 0 Å². The number of carboxylic acids is 1. The molecule has 2 atom stereocenters. The number of hydrogen-bond donors (Lipinski definition) is 1. The van der Waals surface area contributed by atoms with Gasteiger partial charge >= 0.3 is 5.97 Å². The van der Waals surface area contributed by atoms with Gasteiger partial charge in [0, 0.05) is 13.7 Å². The molecule has 0 unspecified atom stereocenters. The Labute approximate surface area is 117 Å². The first kappa shape index (κ1) is 14.6. The van der Waals surface area contributed by atoms with E-state index < -0.39 is 5.97 Å². The van der Waals surface area contributed by atoms with Crippen LogP contribution in [0.25, 0.3) is 0 Å². The van der Waals surface area contributed by atoms with E-state index in [0.717, 1.165) is 6.42 Å². The van der Waals surface area contributed by atoms with E-state index in [-0.39, 0.29) is 30.0 Å². The molecule has 0 aliphatic heterocycles. The van der Waals surface area contributed by atoms with E-state index in [4.69, 9.17) is 14.3 Å². The number of carboxylic acid groups (broad SMARTS) is 1. The van der Waals surface area contributed by atoms with Crippen LogP contribution in [0.4, 0.5) is 0 Å². The van der Waals surface area contributed by atoms with Gasteiger partial charge in [-0.05, 0) is 26.3 Å². The highest BCUT2D eigenvalue weighted by Crippen LogP contribution is 2.35. The second-order valence-electron chi connectivity index (χ2n) is 5.02. The number of aryl methyl sites for hydroxylation is 1. The summed E-state index contributed by atoms with van der Waals surface area (Å²) in [6.07, 6.45) is 0.789. The zero-order chi connectivity index (χ0) is 14.9. The minimum Gasteiger partial charge on any atom is -0.478 e. The fraction of sp³-hybridized carbons (Fsp3) is 0.571. The van der Waals surface area contributed by atoms with E-state index in [9.17, 15) is 9.59 Å². The van der Waals surface area contributed by atoms with Crippen molar-refractivity contribution >= 4 is 11.9 Å². The molecule has 2 rings (SSSR count). The van der Waals surface area contributed by atoms with Crippen LogP contribution in [-0.2, 0) is 16.1 Å². The molecule has 0 bridgehead atoms. The number of furan rings is 1. The number of amides is 1. The van der Waals surface area contributed by atoms with Gasteiger partial charge in [0.2, 0.25) is 5.91 Å². The Hall–Kier alpha value is -1.82. The zero-order valence-electron chi connectivity index (χ0n) is 11.9. The lowest BCUT2D eigenvalue weighted by Gasteiger charge is -2.15. The Balaban J connectivity index is 1.95. The molecule has 0 radical (unpaired) electrons. The van der Waals surface area contributed by atoms with Crippen molar-refractivity contribution in [1.82, 2.24) is 4.90 Å². The van der Waals surface area contributed by atoms with Gasteiger partial charge < -0.3 is 19.2 Å². The summed E-state index contributed by atoms with van der Waals surface area (Å²) < 4.78 is 10.8. The number of carbonyl (C=O) groups is 2. The number of hydrogen-bond acceptors (Lipinski definition) is 4. The molecule has 1 aliphatic rings. The second kappa shape index (κ2) is 5.66. The van der Waals surface area contributed by atoms with Crippen molar-refractivity contribution in [3.63, 3.8) is 0 Å². The van der Waals surface area contributed by atoms with Crippen LogP contribution in [0, 0.1) is 12.8 Å². The smallest absolute Gasteiger partial charge is 0.339 e. The van der Waals surface area contributed by atoms with Crippen molar-refractivity contribution in [3.8, 4) is 0 Å². The topological polar surface area (TPSA) is 80.0 Å². The molecule has 0 saturated heterocycles. The van der Waals surface area contributed by atoms with Crippen molar-refractivity contribution in [2.24, 2.45) is 5.92 Å². The highest BCUT2D eigenvalue weighted by molar-refractivity contribution is 5.88. The molecule has 1 fully saturated rings. The Morgan fingerprint density at radius 2 is 2.25 bits per heavy atom. The first-order valence-corrected chi connectivity index (χ1v) is 6.63. The molecule has 1 amide bonds. The van der Waals surface area contributed by atoms with Crippen molar-refractivity contribution < 1.29 is 23.8 Å². The third-order valence-electron chi connectivity index (χ3n) is 3.40. The summed E-state index contributed by atoms with van der Waals surface area (Å²) in [5.41, 5.74) is 0.138. The van der Waals surface area contributed by atoms with Gasteiger partial charge in [0.25, 0.3) is 0 Å². The molecule has 0 aromatic carbocycles. The summed E-state index contributed by atoms with van der Waals surface area (Å²) in [7, 11) is 1.68. The van der Waals surface area contributed by atoms with E-state index in [1.807, 2.05) is 6.92 Å². The molecule has 6 heteroatoms. The fourth-order valence-corrected chi connectivity index (χ4v) is 2.26. The largest absolute Gasteiger partial charge is 0.478 e. The molecule has 1 saturated carbocycles. The lowest BCUT2D eigenvalue weighted by Crippen LogP contribution is -2.28. The molecule has 110 valence electrons. The maximum Gasteiger partial charge on any atom is 0.339 e. The predicted molar refractivity (Wildman–Crippen MR) is 70.4 cm³/mol. The van der Waals surface area contributed by atoms with E-state index in [1.54, 1.807) is 18.9 Å². The van der Waals surface area contributed by atoms with Crippen LogP contribution < -0.4 is 0 Å². The molecule has 1 heterocycles. The molecular formula is C14H19NO5. The van der Waals surface area contributed by atoms with Gasteiger partial charge in [-0.25, -0.2) is 4.79 Å². The Morgan fingerprint density at radius 1 is 1.55 bits per heavy atom. The maximum atomic E-state index is 12.1. The SMILES string of the molecule is CCO[C@H]1C[C@@H]1C(=O)N(C)Cc1cc(C(=O)O)c(C)o1. The lowest BCUT2D eigenvalue weighted by atomic mass is 10.2. The summed E-state index contributed by atoms with van der Waals surface area (Å²) in [6, 6.07) is 1.47. The lowest BCUT2D eigenvalue weighted by molar-refractivity contribution is -0.133. The molecule has 1 aromatic rings. The number of rotatable bonds is 6. The van der Waals surface area contributed by atoms with Gasteiger partial charge in [0.1, 0.15) is 17.1 Å². The Kier molecular flexibility index (Phi) is 4.13. The van der Waals surface area contributed by atoms with Crippen LogP contribution >= 0.6 is 0 Å². The van der Waals surface area contributed by atoms with Crippen LogP contribution in [0.1, 0.15) is 35.2 Å². The molecule has 1 aliphatic carbocycles. The van der Waals surface area contributed by atoms with Crippen molar-refractivity contribution in [1.29, 1.82) is 0 Å². The molecule has 6 nitrogen and oxygen atoms in total. The average molecular weight is 281 g/mol. The van der Waals surface area contributed by atoms with Crippen LogP contribution in [0.15, 0.2) is 10.5 Å². The predicted octanol–water partition coefficient (Wildman–Crippen LogP) is 1.67. The number of carbonyl (C=O) groups excluding carboxylic acids is 1. The average Bonchev–Trinajstić information content (AvgIpc) is 3.04. The zero-order valence-corrected chi connectivity index (χ0v) is 11.9. The monoisotopic (exact) mass is 281 g/mol. The summed E-state index contributed by atoms with van der Waals surface area (Å²) in [5.74, 6) is -0.259. The Bertz CT molecular complexity index is 522. The standard InChI is InChI=1S/C14H19NO5/c1-4-19-12-6-11(12)13(16)15(3)7-9-5-10(14(17)18)8(2)20-9/h5,11-12H,4,6-7H2,1-3H3,(H,17,18)/t11-,12-/m0/s1.